The minimum atomic E-state index is -1.85. The van der Waals surface area contributed by atoms with Gasteiger partial charge in [-0.15, -0.1) is 0 Å². The first-order valence-corrected chi connectivity index (χ1v) is 12.3. The van der Waals surface area contributed by atoms with Crippen LogP contribution >= 0.6 is 15.9 Å². The first kappa shape index (κ1) is 26.6. The second-order valence-corrected chi connectivity index (χ2v) is 11.1. The minimum Gasteiger partial charge on any atom is -0.479 e. The highest BCUT2D eigenvalue weighted by molar-refractivity contribution is 9.09. The number of likely N-dealkylation sites (tertiary alicyclic amines) is 1. The van der Waals surface area contributed by atoms with E-state index in [4.69, 9.17) is 10.5 Å². The number of alkyl carbamates (subject to hydrolysis) is 1. The number of carboxylic acid groups (broad SMARTS) is 1. The maximum Gasteiger partial charge on any atom is 0.407 e. The Morgan fingerprint density at radius 1 is 1.22 bits per heavy atom. The largest absolute Gasteiger partial charge is 0.479 e. The Labute approximate surface area is 197 Å². The van der Waals surface area contributed by atoms with Crippen molar-refractivity contribution in [2.75, 3.05) is 13.1 Å². The van der Waals surface area contributed by atoms with Crippen molar-refractivity contribution in [2.24, 2.45) is 11.7 Å². The van der Waals surface area contributed by atoms with Crippen molar-refractivity contribution in [3.8, 4) is 0 Å². The molecule has 2 fully saturated rings. The average molecular weight is 518 g/mol. The Balaban J connectivity index is 1.94. The molecule has 0 aromatic heterocycles. The van der Waals surface area contributed by atoms with Crippen LogP contribution in [-0.2, 0) is 19.1 Å². The molecule has 0 bridgehead atoms. The predicted octanol–water partition coefficient (Wildman–Crippen LogP) is 2.59. The molecule has 0 radical (unpaired) electrons. The lowest BCUT2D eigenvalue weighted by Gasteiger charge is -2.36. The van der Waals surface area contributed by atoms with Crippen LogP contribution in [0.4, 0.5) is 4.79 Å². The molecule has 9 nitrogen and oxygen atoms in total. The normalized spacial score (nSPS) is 24.9. The number of hydrogen-bond acceptors (Lipinski definition) is 6. The molecule has 1 aliphatic heterocycles. The Hall–Kier alpha value is -1.68. The summed E-state index contributed by atoms with van der Waals surface area (Å²) in [7, 11) is 0. The zero-order valence-electron chi connectivity index (χ0n) is 19.2. The van der Waals surface area contributed by atoms with Gasteiger partial charge in [-0.2, -0.15) is 0 Å². The van der Waals surface area contributed by atoms with Crippen LogP contribution in [0, 0.1) is 5.92 Å². The number of nitrogens with two attached hydrogens (primary N) is 1. The van der Waals surface area contributed by atoms with Gasteiger partial charge in [-0.05, 0) is 52.9 Å². The fraction of sp³-hybridized carbons (Fsp3) is 0.818. The van der Waals surface area contributed by atoms with Crippen molar-refractivity contribution in [2.45, 2.75) is 94.1 Å². The van der Waals surface area contributed by atoms with Gasteiger partial charge in [0.25, 0.3) is 0 Å². The predicted molar refractivity (Wildman–Crippen MR) is 122 cm³/mol. The number of alkyl halides is 1. The number of rotatable bonds is 9. The molecule has 2 rings (SSSR count). The molecule has 182 valence electrons. The number of carbonyl (C=O) groups is 4. The molecule has 32 heavy (non-hydrogen) atoms. The van der Waals surface area contributed by atoms with E-state index in [-0.39, 0.29) is 29.5 Å². The van der Waals surface area contributed by atoms with Crippen molar-refractivity contribution in [1.82, 2.24) is 10.2 Å². The number of unbranched alkanes of at least 4 members (excludes halogenated alkanes) is 1. The van der Waals surface area contributed by atoms with Crippen molar-refractivity contribution >= 4 is 39.7 Å². The molecule has 10 heteroatoms. The van der Waals surface area contributed by atoms with Gasteiger partial charge in [0.1, 0.15) is 5.60 Å². The first-order valence-electron chi connectivity index (χ1n) is 11.3. The third-order valence-corrected chi connectivity index (χ3v) is 6.65. The third-order valence-electron chi connectivity index (χ3n) is 6.04. The van der Waals surface area contributed by atoms with Gasteiger partial charge in [-0.3, -0.25) is 9.59 Å². The van der Waals surface area contributed by atoms with Gasteiger partial charge in [0, 0.05) is 30.3 Å². The zero-order chi connectivity index (χ0) is 24.1. The number of amides is 2. The summed E-state index contributed by atoms with van der Waals surface area (Å²) in [6.45, 7) is 5.85. The van der Waals surface area contributed by atoms with E-state index >= 15 is 0 Å². The van der Waals surface area contributed by atoms with Crippen LogP contribution in [0.25, 0.3) is 0 Å². The lowest BCUT2D eigenvalue weighted by atomic mass is 9.82. The van der Waals surface area contributed by atoms with E-state index in [2.05, 4.69) is 21.2 Å². The lowest BCUT2D eigenvalue weighted by molar-refractivity contribution is -0.163. The van der Waals surface area contributed by atoms with Gasteiger partial charge in [0.05, 0.1) is 6.04 Å². The summed E-state index contributed by atoms with van der Waals surface area (Å²) in [5.74, 6) is -2.49. The summed E-state index contributed by atoms with van der Waals surface area (Å²) in [6, 6.07) is -0.913. The van der Waals surface area contributed by atoms with Crippen molar-refractivity contribution in [1.29, 1.82) is 0 Å². The zero-order valence-corrected chi connectivity index (χ0v) is 20.8. The Bertz CT molecular complexity index is 719. The Morgan fingerprint density at radius 2 is 1.84 bits per heavy atom. The number of halogens is 1. The van der Waals surface area contributed by atoms with E-state index in [1.54, 1.807) is 20.8 Å². The fourth-order valence-electron chi connectivity index (χ4n) is 4.51. The summed E-state index contributed by atoms with van der Waals surface area (Å²) >= 11 is 3.42. The monoisotopic (exact) mass is 517 g/mol. The van der Waals surface area contributed by atoms with E-state index in [0.717, 1.165) is 12.8 Å². The summed E-state index contributed by atoms with van der Waals surface area (Å²) in [5.41, 5.74) is 3.69. The van der Waals surface area contributed by atoms with Gasteiger partial charge in [0.15, 0.2) is 5.78 Å². The summed E-state index contributed by atoms with van der Waals surface area (Å²) < 4.78 is 5.16. The maximum atomic E-state index is 13.3. The van der Waals surface area contributed by atoms with Crippen LogP contribution in [0.1, 0.15) is 72.1 Å². The van der Waals surface area contributed by atoms with Gasteiger partial charge in [-0.1, -0.05) is 28.8 Å². The molecular formula is C22H36BrN3O6. The molecule has 1 saturated heterocycles. The molecule has 1 saturated carbocycles. The molecule has 1 aliphatic carbocycles. The van der Waals surface area contributed by atoms with E-state index in [9.17, 15) is 24.3 Å². The van der Waals surface area contributed by atoms with E-state index in [0.29, 0.717) is 38.6 Å². The molecule has 3 atom stereocenters. The molecule has 1 heterocycles. The van der Waals surface area contributed by atoms with Crippen LogP contribution in [0.5, 0.6) is 0 Å². The second-order valence-electron chi connectivity index (χ2n) is 9.79. The summed E-state index contributed by atoms with van der Waals surface area (Å²) in [5, 5.41) is 12.7. The highest BCUT2D eigenvalue weighted by atomic mass is 79.9. The van der Waals surface area contributed by atoms with Crippen LogP contribution in [0.2, 0.25) is 0 Å². The third kappa shape index (κ3) is 6.43. The molecule has 0 aromatic carbocycles. The molecular weight excluding hydrogens is 482 g/mol. The number of aliphatic carboxylic acids is 1. The number of ether oxygens (including phenoxy) is 1. The van der Waals surface area contributed by atoms with Gasteiger partial charge in [-0.25, -0.2) is 9.59 Å². The van der Waals surface area contributed by atoms with Crippen LogP contribution in [0.15, 0.2) is 0 Å². The van der Waals surface area contributed by atoms with Crippen molar-refractivity contribution < 1.29 is 29.0 Å². The van der Waals surface area contributed by atoms with Crippen molar-refractivity contribution in [3.63, 3.8) is 0 Å². The standard InChI is InChI=1S/C22H36BrN3O6/c1-21(2,3)32-20(31)25-11-7-6-10-16(24)18(28)26-13-15(23)12-22(26,19(29)30)17(27)14-8-4-5-9-14/h14-16H,4-13,24H2,1-3H3,(H,25,31)(H,29,30)/t15?,16-,22+/m0/s1. The highest BCUT2D eigenvalue weighted by Crippen LogP contribution is 2.40. The lowest BCUT2D eigenvalue weighted by Crippen LogP contribution is -2.62. The highest BCUT2D eigenvalue weighted by Gasteiger charge is 2.60. The topological polar surface area (TPSA) is 139 Å². The van der Waals surface area contributed by atoms with Gasteiger partial charge in [0.2, 0.25) is 11.4 Å². The molecule has 2 amide bonds. The summed E-state index contributed by atoms with van der Waals surface area (Å²) in [6.07, 6.45) is 4.15. The van der Waals surface area contributed by atoms with Crippen LogP contribution in [0.3, 0.4) is 0 Å². The number of hydrogen-bond donors (Lipinski definition) is 3. The van der Waals surface area contributed by atoms with Crippen LogP contribution < -0.4 is 11.1 Å². The molecule has 0 spiro atoms. The molecule has 0 aromatic rings. The number of carbonyl (C=O) groups excluding carboxylic acids is 3. The van der Waals surface area contributed by atoms with Gasteiger partial charge < -0.3 is 25.8 Å². The van der Waals surface area contributed by atoms with Crippen LogP contribution in [-0.4, -0.2) is 68.9 Å². The quantitative estimate of drug-likeness (QED) is 0.242. The Morgan fingerprint density at radius 3 is 2.41 bits per heavy atom. The maximum absolute atomic E-state index is 13.3. The number of ketones is 1. The van der Waals surface area contributed by atoms with E-state index in [1.807, 2.05) is 0 Å². The van der Waals surface area contributed by atoms with E-state index in [1.165, 1.54) is 4.90 Å². The summed E-state index contributed by atoms with van der Waals surface area (Å²) in [4.78, 5) is 51.3. The minimum absolute atomic E-state index is 0.0515. The SMILES string of the molecule is CC(C)(C)OC(=O)NCCCC[C@H](N)C(=O)N1CC(Br)C[C@]1(C(=O)O)C(=O)C1CCCC1. The first-order chi connectivity index (χ1) is 14.9. The smallest absolute Gasteiger partial charge is 0.407 e. The van der Waals surface area contributed by atoms with Crippen molar-refractivity contribution in [3.05, 3.63) is 0 Å². The number of Topliss-reactive ketones (excluding diaryl/α,β-unsaturated/α-hetero) is 1. The molecule has 2 aliphatic rings. The van der Waals surface area contributed by atoms with Gasteiger partial charge >= 0.3 is 12.1 Å². The fourth-order valence-corrected chi connectivity index (χ4v) is 5.27. The number of carboxylic acids is 1. The molecule has 1 unspecified atom stereocenters. The number of nitrogens with one attached hydrogen (secondary N) is 1. The average Bonchev–Trinajstić information content (AvgIpc) is 3.33. The Kier molecular flexibility index (Phi) is 9.10. The number of nitrogens with zero attached hydrogens (tertiary/aromatic N) is 1. The van der Waals surface area contributed by atoms with E-state index < -0.39 is 35.2 Å². The molecule has 4 N–H and O–H groups in total. The second kappa shape index (κ2) is 11.0.